The van der Waals surface area contributed by atoms with Crippen molar-refractivity contribution in [3.63, 3.8) is 0 Å². The third kappa shape index (κ3) is 19.5. The average molecular weight is 1420 g/mol. The molecule has 0 N–H and O–H groups in total. The Bertz CT molecular complexity index is 5270. The van der Waals surface area contributed by atoms with Crippen LogP contribution in [0.25, 0.3) is 67.1 Å². The van der Waals surface area contributed by atoms with Gasteiger partial charge >= 0.3 is 0 Å². The van der Waals surface area contributed by atoms with Crippen LogP contribution >= 0.6 is 0 Å². The van der Waals surface area contributed by atoms with Crippen molar-refractivity contribution in [2.75, 3.05) is 33.7 Å². The Balaban J connectivity index is 0.000000124. The molecule has 2 aromatic heterocycles. The molecule has 0 aliphatic carbocycles. The van der Waals surface area contributed by atoms with Gasteiger partial charge in [-0.25, -0.2) is 29.9 Å². The van der Waals surface area contributed by atoms with Gasteiger partial charge in [-0.05, 0) is 189 Å². The van der Waals surface area contributed by atoms with Gasteiger partial charge < -0.3 is 19.6 Å². The first-order valence-corrected chi connectivity index (χ1v) is 36.6. The minimum Gasteiger partial charge on any atom is -0.345 e. The summed E-state index contributed by atoms with van der Waals surface area (Å²) in [5, 5.41) is 4.78. The summed E-state index contributed by atoms with van der Waals surface area (Å²) in [5.41, 5.74) is 19.4. The predicted molar refractivity (Wildman–Crippen MR) is 458 cm³/mol. The number of para-hydroxylation sites is 6. The Morgan fingerprint density at radius 3 is 0.725 bits per heavy atom. The van der Waals surface area contributed by atoms with Gasteiger partial charge in [-0.1, -0.05) is 278 Å². The smallest absolute Gasteiger partial charge is 0.163 e. The molecule has 0 unspecified atom stereocenters. The molecular weight excluding hydrogens is 1330 g/mol. The van der Waals surface area contributed by atoms with Crippen LogP contribution in [-0.4, -0.2) is 44.0 Å². The first kappa shape index (κ1) is 73.4. The van der Waals surface area contributed by atoms with E-state index >= 15 is 0 Å². The summed E-state index contributed by atoms with van der Waals surface area (Å²) in [7, 11) is 4.17. The molecule has 0 bridgehead atoms. The summed E-state index contributed by atoms with van der Waals surface area (Å²) in [4.78, 5) is 36.3. The van der Waals surface area contributed by atoms with E-state index in [0.29, 0.717) is 23.3 Å². The molecule has 0 aliphatic heterocycles. The fraction of sp³-hybridized carbons (Fsp3) is 0.0707. The van der Waals surface area contributed by atoms with Crippen molar-refractivity contribution in [1.82, 2.24) is 29.9 Å². The number of aryl methyl sites for hydroxylation is 5. The first-order chi connectivity index (χ1) is 53.4. The van der Waals surface area contributed by atoms with Crippen LogP contribution in [0, 0.1) is 34.6 Å². The molecule has 15 aromatic carbocycles. The van der Waals surface area contributed by atoms with Gasteiger partial charge in [-0.2, -0.15) is 0 Å². The first-order valence-electron chi connectivity index (χ1n) is 36.6. The highest BCUT2D eigenvalue weighted by Crippen LogP contribution is 2.41. The third-order valence-electron chi connectivity index (χ3n) is 18.3. The maximum atomic E-state index is 4.77. The molecule has 10 nitrogen and oxygen atoms in total. The summed E-state index contributed by atoms with van der Waals surface area (Å²) in [5.74, 6) is 4.29. The van der Waals surface area contributed by atoms with Crippen LogP contribution in [0.1, 0.15) is 28.3 Å². The minimum absolute atomic E-state index is 0.705. The fourth-order valence-electron chi connectivity index (χ4n) is 12.7. The van der Waals surface area contributed by atoms with E-state index in [0.717, 1.165) is 68.0 Å². The largest absolute Gasteiger partial charge is 0.345 e. The van der Waals surface area contributed by atoms with Crippen LogP contribution in [0.3, 0.4) is 0 Å². The normalized spacial score (nSPS) is 10.5. The van der Waals surface area contributed by atoms with Crippen LogP contribution in [0.4, 0.5) is 56.9 Å². The summed E-state index contributed by atoms with van der Waals surface area (Å²) in [6, 6.07) is 136. The lowest BCUT2D eigenvalue weighted by molar-refractivity contribution is 0.991. The molecule has 2 heterocycles. The van der Waals surface area contributed by atoms with E-state index in [-0.39, 0.29) is 0 Å². The van der Waals surface area contributed by atoms with Crippen LogP contribution in [0.2, 0.25) is 0 Å². The molecule has 17 rings (SSSR count). The lowest BCUT2D eigenvalue weighted by Gasteiger charge is -2.30. The van der Waals surface area contributed by atoms with Crippen LogP contribution in [0.15, 0.2) is 394 Å². The van der Waals surface area contributed by atoms with Gasteiger partial charge in [0.2, 0.25) is 0 Å². The molecule has 109 heavy (non-hydrogen) atoms. The molecule has 0 fully saturated rings. The van der Waals surface area contributed by atoms with Crippen LogP contribution < -0.4 is 19.6 Å². The second-order valence-corrected chi connectivity index (χ2v) is 26.4. The van der Waals surface area contributed by atoms with E-state index in [1.807, 2.05) is 111 Å². The molecule has 0 amide bonds. The molecule has 0 saturated carbocycles. The van der Waals surface area contributed by atoms with Crippen molar-refractivity contribution in [3.8, 4) is 45.6 Å². The summed E-state index contributed by atoms with van der Waals surface area (Å²) in [6.07, 6.45) is 0. The molecule has 532 valence electrons. The second-order valence-electron chi connectivity index (χ2n) is 26.4. The molecule has 0 aliphatic rings. The van der Waals surface area contributed by atoms with E-state index in [9.17, 15) is 0 Å². The number of aromatic nitrogens is 6. The quantitative estimate of drug-likeness (QED) is 0.105. The van der Waals surface area contributed by atoms with Crippen molar-refractivity contribution in [2.45, 2.75) is 34.6 Å². The Hall–Kier alpha value is -14.0. The predicted octanol–water partition coefficient (Wildman–Crippen LogP) is 25.8. The fourth-order valence-corrected chi connectivity index (χ4v) is 12.7. The van der Waals surface area contributed by atoms with Gasteiger partial charge in [0.15, 0.2) is 23.3 Å². The molecule has 17 aromatic rings. The van der Waals surface area contributed by atoms with E-state index < -0.39 is 0 Å². The molecule has 0 saturated heterocycles. The standard InChI is InChI=1S/C31H26N2.C24H17N3.C16H13N3.C15H17N.C13H13N/c1-25-22-30(32(26-14-6-2-7-15-26)27-16-8-3-9-17-27)24-31(23-25)33(28-18-10-4-11-19-28)29-20-12-5-13-21-29;1-16-25-23(21-12-10-17-6-2-4-8-19(17)14-21)27-24(26-16)22-13-11-18-7-3-5-9-20(18)15-22;1-12-17-15(13-8-4-2-5-9-13)19-16(18-12)14-10-6-3-7-11-14;1-12-4-8-14(9-5-12)16(3)15-10-6-13(2)7-11-15;1-14(12-8-4-2-5-9-12)13-10-6-3-7-11-13/h2-24H,1H3;2-15H,1H3;2-11H,1H3;4-11H,1-3H3;2-11H,1H3. The van der Waals surface area contributed by atoms with E-state index in [1.165, 1.54) is 61.0 Å². The number of hydrogen-bond donors (Lipinski definition) is 0. The zero-order valence-electron chi connectivity index (χ0n) is 62.5. The lowest BCUT2D eigenvalue weighted by atomic mass is 10.1. The van der Waals surface area contributed by atoms with Crippen molar-refractivity contribution in [1.29, 1.82) is 0 Å². The third-order valence-corrected chi connectivity index (χ3v) is 18.3. The zero-order chi connectivity index (χ0) is 75.1. The Labute approximate surface area is 641 Å². The highest BCUT2D eigenvalue weighted by Gasteiger charge is 2.19. The maximum absolute atomic E-state index is 4.77. The van der Waals surface area contributed by atoms with Gasteiger partial charge in [0.1, 0.15) is 11.6 Å². The molecular formula is C99H86N10. The van der Waals surface area contributed by atoms with Crippen LogP contribution in [0.5, 0.6) is 0 Å². The van der Waals surface area contributed by atoms with Crippen LogP contribution in [-0.2, 0) is 0 Å². The van der Waals surface area contributed by atoms with Gasteiger partial charge in [0, 0.05) is 93.2 Å². The van der Waals surface area contributed by atoms with Gasteiger partial charge in [-0.3, -0.25) is 0 Å². The number of benzene rings is 15. The molecule has 0 spiro atoms. The van der Waals surface area contributed by atoms with E-state index in [1.54, 1.807) is 0 Å². The van der Waals surface area contributed by atoms with E-state index in [4.69, 9.17) is 4.98 Å². The Morgan fingerprint density at radius 1 is 0.174 bits per heavy atom. The van der Waals surface area contributed by atoms with Crippen molar-refractivity contribution >= 4 is 78.4 Å². The van der Waals surface area contributed by atoms with E-state index in [2.05, 4.69) is 377 Å². The highest BCUT2D eigenvalue weighted by atomic mass is 15.2. The van der Waals surface area contributed by atoms with Crippen molar-refractivity contribution < 1.29 is 0 Å². The average Bonchev–Trinajstić information content (AvgIpc) is 0.788. The SMILES string of the molecule is CN(c1ccccc1)c1ccccc1.Cc1cc(N(c2ccccc2)c2ccccc2)cc(N(c2ccccc2)c2ccccc2)c1.Cc1ccc(N(C)c2ccc(C)cc2)cc1.Cc1nc(-c2ccc3ccccc3c2)nc(-c2ccc3ccccc3c2)n1.Cc1nc(-c2ccccc2)nc(-c2ccccc2)n1. The lowest BCUT2D eigenvalue weighted by Crippen LogP contribution is -2.13. The number of rotatable bonds is 14. The monoisotopic (exact) mass is 1410 g/mol. The van der Waals surface area contributed by atoms with Gasteiger partial charge in [-0.15, -0.1) is 0 Å². The Morgan fingerprint density at radius 2 is 0.422 bits per heavy atom. The summed E-state index contributed by atoms with van der Waals surface area (Å²) < 4.78 is 0. The molecule has 0 atom stereocenters. The molecule has 10 heteroatoms. The highest BCUT2D eigenvalue weighted by molar-refractivity contribution is 5.89. The van der Waals surface area contributed by atoms with Gasteiger partial charge in [0.05, 0.1) is 0 Å². The zero-order valence-corrected chi connectivity index (χ0v) is 62.5. The summed E-state index contributed by atoms with van der Waals surface area (Å²) >= 11 is 0. The summed E-state index contributed by atoms with van der Waals surface area (Å²) in [6.45, 7) is 10.2. The number of nitrogens with zero attached hydrogens (tertiary/aromatic N) is 10. The Kier molecular flexibility index (Phi) is 24.3. The number of anilines is 10. The second kappa shape index (κ2) is 36.2. The topological polar surface area (TPSA) is 90.3 Å². The minimum atomic E-state index is 0.705. The number of hydrogen-bond acceptors (Lipinski definition) is 10. The van der Waals surface area contributed by atoms with Crippen molar-refractivity contribution in [2.24, 2.45) is 0 Å². The molecule has 0 radical (unpaired) electrons. The van der Waals surface area contributed by atoms with Crippen molar-refractivity contribution in [3.05, 3.63) is 423 Å². The maximum Gasteiger partial charge on any atom is 0.163 e. The number of fused-ring (bicyclic) bond motifs is 2. The van der Waals surface area contributed by atoms with Gasteiger partial charge in [0.25, 0.3) is 0 Å².